The average molecular weight is 298 g/mol. The van der Waals surface area contributed by atoms with Crippen molar-refractivity contribution in [3.8, 4) is 0 Å². The van der Waals surface area contributed by atoms with Crippen LogP contribution in [0.3, 0.4) is 0 Å². The van der Waals surface area contributed by atoms with Crippen LogP contribution in [0.2, 0.25) is 0 Å². The highest BCUT2D eigenvalue weighted by Gasteiger charge is 2.38. The smallest absolute Gasteiger partial charge is 0.272 e. The molecule has 0 spiro atoms. The minimum atomic E-state index is -3.44. The molecule has 7 heteroatoms. The maximum atomic E-state index is 11.9. The van der Waals surface area contributed by atoms with Crippen LogP contribution in [-0.4, -0.2) is 33.4 Å². The molecule has 4 nitrogen and oxygen atoms in total. The van der Waals surface area contributed by atoms with Gasteiger partial charge in [0.2, 0.25) is 0 Å². The van der Waals surface area contributed by atoms with Crippen molar-refractivity contribution in [2.45, 2.75) is 18.1 Å². The zero-order chi connectivity index (χ0) is 11.6. The number of rotatable bonds is 4. The van der Waals surface area contributed by atoms with Gasteiger partial charge in [-0.15, -0.1) is 12.4 Å². The van der Waals surface area contributed by atoms with Gasteiger partial charge in [0.15, 0.2) is 0 Å². The minimum Gasteiger partial charge on any atom is -0.315 e. The van der Waals surface area contributed by atoms with Crippen LogP contribution in [0.15, 0.2) is 16.8 Å². The fourth-order valence-electron chi connectivity index (χ4n) is 2.03. The molecule has 1 aromatic heterocycles. The van der Waals surface area contributed by atoms with Crippen LogP contribution in [0.4, 0.5) is 0 Å². The molecule has 0 aliphatic carbocycles. The van der Waals surface area contributed by atoms with Gasteiger partial charge in [0.25, 0.3) is 10.1 Å². The molecule has 2 rings (SSSR count). The molecular formula is C10H16ClNO3S2. The lowest BCUT2D eigenvalue weighted by Crippen LogP contribution is -2.29. The number of nitrogens with one attached hydrogen (secondary N) is 1. The monoisotopic (exact) mass is 297 g/mol. The summed E-state index contributed by atoms with van der Waals surface area (Å²) in [5, 5.41) is 6.64. The summed E-state index contributed by atoms with van der Waals surface area (Å²) >= 11 is 1.59. The second-order valence-corrected chi connectivity index (χ2v) is 6.37. The van der Waals surface area contributed by atoms with Crippen LogP contribution in [0, 0.1) is 0 Å². The second kappa shape index (κ2) is 6.15. The van der Waals surface area contributed by atoms with Gasteiger partial charge in [-0.25, -0.2) is 0 Å². The fourth-order valence-corrected chi connectivity index (χ4v) is 4.23. The summed E-state index contributed by atoms with van der Waals surface area (Å²) in [5.74, 6) is 0.0165. The van der Waals surface area contributed by atoms with E-state index in [0.29, 0.717) is 13.1 Å². The summed E-state index contributed by atoms with van der Waals surface area (Å²) in [6.45, 7) is 3.07. The molecule has 1 fully saturated rings. The van der Waals surface area contributed by atoms with Crippen LogP contribution in [0.1, 0.15) is 18.4 Å². The molecule has 2 atom stereocenters. The van der Waals surface area contributed by atoms with E-state index in [1.54, 1.807) is 18.3 Å². The van der Waals surface area contributed by atoms with Crippen molar-refractivity contribution < 1.29 is 12.6 Å². The van der Waals surface area contributed by atoms with E-state index >= 15 is 0 Å². The van der Waals surface area contributed by atoms with E-state index in [1.807, 2.05) is 16.8 Å². The van der Waals surface area contributed by atoms with Gasteiger partial charge in [-0.2, -0.15) is 19.8 Å². The van der Waals surface area contributed by atoms with Crippen LogP contribution in [0.25, 0.3) is 0 Å². The lowest BCUT2D eigenvalue weighted by Gasteiger charge is -2.17. The highest BCUT2D eigenvalue weighted by molar-refractivity contribution is 7.87. The Balaban J connectivity index is 0.00000144. The first-order valence-corrected chi connectivity index (χ1v) is 7.67. The highest BCUT2D eigenvalue weighted by atomic mass is 35.5. The molecule has 0 amide bonds. The third-order valence-electron chi connectivity index (χ3n) is 2.78. The van der Waals surface area contributed by atoms with E-state index in [-0.39, 0.29) is 24.9 Å². The lowest BCUT2D eigenvalue weighted by atomic mass is 10.0. The summed E-state index contributed by atoms with van der Waals surface area (Å²) in [7, 11) is -3.44. The van der Waals surface area contributed by atoms with Crippen molar-refractivity contribution in [1.82, 2.24) is 5.32 Å². The fraction of sp³-hybridized carbons (Fsp3) is 0.600. The Kier molecular flexibility index (Phi) is 5.40. The number of thiophene rings is 1. The summed E-state index contributed by atoms with van der Waals surface area (Å²) in [6, 6.07) is 1.98. The average Bonchev–Trinajstić information content (AvgIpc) is 2.88. The Hall–Kier alpha value is -0.140. The van der Waals surface area contributed by atoms with E-state index in [2.05, 4.69) is 5.32 Å². The van der Waals surface area contributed by atoms with E-state index in [0.717, 1.165) is 5.56 Å². The Morgan fingerprint density at radius 2 is 2.29 bits per heavy atom. The van der Waals surface area contributed by atoms with Crippen LogP contribution in [-0.2, 0) is 14.3 Å². The molecular weight excluding hydrogens is 282 g/mol. The van der Waals surface area contributed by atoms with E-state index in [9.17, 15) is 8.42 Å². The van der Waals surface area contributed by atoms with Gasteiger partial charge in [0, 0.05) is 19.0 Å². The number of hydrogen-bond acceptors (Lipinski definition) is 5. The van der Waals surface area contributed by atoms with Crippen LogP contribution < -0.4 is 5.32 Å². The molecule has 0 radical (unpaired) electrons. The first-order chi connectivity index (χ1) is 7.65. The maximum absolute atomic E-state index is 11.9. The Labute approximate surface area is 112 Å². The van der Waals surface area contributed by atoms with Crippen molar-refractivity contribution >= 4 is 33.9 Å². The van der Waals surface area contributed by atoms with E-state index < -0.39 is 15.4 Å². The largest absolute Gasteiger partial charge is 0.315 e. The van der Waals surface area contributed by atoms with Gasteiger partial charge < -0.3 is 5.32 Å². The summed E-state index contributed by atoms with van der Waals surface area (Å²) in [6.07, 6.45) is 0. The molecule has 1 aliphatic heterocycles. The SMILES string of the molecule is CCOS(=O)(=O)C1CNCC1c1ccsc1.Cl. The third-order valence-corrected chi connectivity index (χ3v) is 5.29. The van der Waals surface area contributed by atoms with Crippen molar-refractivity contribution in [2.24, 2.45) is 0 Å². The predicted octanol–water partition coefficient (Wildman–Crippen LogP) is 1.59. The van der Waals surface area contributed by atoms with Gasteiger partial charge in [-0.1, -0.05) is 0 Å². The quantitative estimate of drug-likeness (QED) is 0.858. The molecule has 1 aromatic rings. The van der Waals surface area contributed by atoms with Gasteiger partial charge in [0.05, 0.1) is 6.61 Å². The summed E-state index contributed by atoms with van der Waals surface area (Å²) in [5.41, 5.74) is 1.09. The first-order valence-electron chi connectivity index (χ1n) is 5.26. The molecule has 98 valence electrons. The zero-order valence-corrected chi connectivity index (χ0v) is 11.9. The molecule has 0 saturated carbocycles. The number of hydrogen-bond donors (Lipinski definition) is 1. The Bertz CT molecular complexity index is 432. The third kappa shape index (κ3) is 3.20. The topological polar surface area (TPSA) is 55.4 Å². The standard InChI is InChI=1S/C10H15NO3S2.ClH/c1-2-14-16(12,13)10-6-11-5-9(10)8-3-4-15-7-8;/h3-4,7,9-11H,2,5-6H2,1H3;1H. The van der Waals surface area contributed by atoms with E-state index in [4.69, 9.17) is 4.18 Å². The Morgan fingerprint density at radius 1 is 1.53 bits per heavy atom. The first kappa shape index (κ1) is 14.9. The number of halogens is 1. The van der Waals surface area contributed by atoms with E-state index in [1.165, 1.54) is 0 Å². The molecule has 1 aliphatic rings. The normalized spacial score (nSPS) is 24.5. The van der Waals surface area contributed by atoms with Gasteiger partial charge in [-0.3, -0.25) is 4.18 Å². The van der Waals surface area contributed by atoms with Gasteiger partial charge >= 0.3 is 0 Å². The van der Waals surface area contributed by atoms with Crippen LogP contribution >= 0.6 is 23.7 Å². The molecule has 1 N–H and O–H groups in total. The van der Waals surface area contributed by atoms with Crippen molar-refractivity contribution in [2.75, 3.05) is 19.7 Å². The van der Waals surface area contributed by atoms with Crippen molar-refractivity contribution in [3.63, 3.8) is 0 Å². The van der Waals surface area contributed by atoms with Crippen molar-refractivity contribution in [3.05, 3.63) is 22.4 Å². The molecule has 1 saturated heterocycles. The molecule has 0 bridgehead atoms. The summed E-state index contributed by atoms with van der Waals surface area (Å²) < 4.78 is 28.6. The highest BCUT2D eigenvalue weighted by Crippen LogP contribution is 2.29. The van der Waals surface area contributed by atoms with Crippen LogP contribution in [0.5, 0.6) is 0 Å². The minimum absolute atomic E-state index is 0. The van der Waals surface area contributed by atoms with Gasteiger partial charge in [0.1, 0.15) is 5.25 Å². The molecule has 2 unspecified atom stereocenters. The second-order valence-electron chi connectivity index (χ2n) is 3.76. The molecule has 2 heterocycles. The Morgan fingerprint density at radius 3 is 2.88 bits per heavy atom. The lowest BCUT2D eigenvalue weighted by molar-refractivity contribution is 0.330. The maximum Gasteiger partial charge on any atom is 0.272 e. The predicted molar refractivity (Wildman–Crippen MR) is 71.5 cm³/mol. The zero-order valence-electron chi connectivity index (χ0n) is 9.46. The van der Waals surface area contributed by atoms with Gasteiger partial charge in [-0.05, 0) is 29.3 Å². The molecule has 0 aromatic carbocycles. The summed E-state index contributed by atoms with van der Waals surface area (Å²) in [4.78, 5) is 0. The molecule has 17 heavy (non-hydrogen) atoms. The van der Waals surface area contributed by atoms with Crippen molar-refractivity contribution in [1.29, 1.82) is 0 Å².